The molecule has 0 aliphatic heterocycles. The van der Waals surface area contributed by atoms with Crippen molar-refractivity contribution in [2.75, 3.05) is 6.54 Å². The highest BCUT2D eigenvalue weighted by atomic mass is 14.9. The van der Waals surface area contributed by atoms with Gasteiger partial charge in [-0.05, 0) is 30.4 Å². The van der Waals surface area contributed by atoms with Gasteiger partial charge in [-0.25, -0.2) is 0 Å². The van der Waals surface area contributed by atoms with Crippen molar-refractivity contribution >= 4 is 0 Å². The van der Waals surface area contributed by atoms with Crippen LogP contribution in [-0.2, 0) is 6.42 Å². The molecule has 1 aromatic carbocycles. The summed E-state index contributed by atoms with van der Waals surface area (Å²) in [5.41, 5.74) is 3.01. The first-order valence-electron chi connectivity index (χ1n) is 7.09. The van der Waals surface area contributed by atoms with Crippen LogP contribution in [-0.4, -0.2) is 12.6 Å². The van der Waals surface area contributed by atoms with Gasteiger partial charge in [0.1, 0.15) is 0 Å². The third-order valence-electron chi connectivity index (χ3n) is 4.52. The maximum atomic E-state index is 9.17. The molecule has 2 aliphatic rings. The van der Waals surface area contributed by atoms with E-state index in [-0.39, 0.29) is 5.92 Å². The number of rotatable bonds is 3. The fourth-order valence-corrected chi connectivity index (χ4v) is 3.37. The highest BCUT2D eigenvalue weighted by molar-refractivity contribution is 5.40. The zero-order chi connectivity index (χ0) is 12.4. The molecule has 0 spiro atoms. The SMILES string of the molecule is N#CC1CCCCC1NCC1Cc2ccccc21. The van der Waals surface area contributed by atoms with Crippen LogP contribution >= 0.6 is 0 Å². The quantitative estimate of drug-likeness (QED) is 0.881. The van der Waals surface area contributed by atoms with Crippen molar-refractivity contribution in [3.05, 3.63) is 35.4 Å². The average Bonchev–Trinajstić information content (AvgIpc) is 2.40. The molecule has 3 rings (SSSR count). The Morgan fingerprint density at radius 2 is 2.06 bits per heavy atom. The van der Waals surface area contributed by atoms with Crippen molar-refractivity contribution in [1.82, 2.24) is 5.32 Å². The molecule has 0 amide bonds. The molecular formula is C16H20N2. The second-order valence-electron chi connectivity index (χ2n) is 5.63. The minimum absolute atomic E-state index is 0.231. The van der Waals surface area contributed by atoms with E-state index < -0.39 is 0 Å². The average molecular weight is 240 g/mol. The van der Waals surface area contributed by atoms with Crippen LogP contribution in [0.25, 0.3) is 0 Å². The van der Waals surface area contributed by atoms with E-state index in [1.807, 2.05) is 0 Å². The third-order valence-corrected chi connectivity index (χ3v) is 4.52. The number of nitriles is 1. The van der Waals surface area contributed by atoms with E-state index >= 15 is 0 Å². The van der Waals surface area contributed by atoms with Crippen LogP contribution in [0, 0.1) is 17.2 Å². The van der Waals surface area contributed by atoms with Gasteiger partial charge in [0.15, 0.2) is 0 Å². The maximum absolute atomic E-state index is 9.17. The minimum Gasteiger partial charge on any atom is -0.312 e. The zero-order valence-corrected chi connectivity index (χ0v) is 10.7. The molecule has 1 fully saturated rings. The molecule has 0 saturated heterocycles. The fourth-order valence-electron chi connectivity index (χ4n) is 3.37. The Morgan fingerprint density at radius 3 is 2.89 bits per heavy atom. The smallest absolute Gasteiger partial charge is 0.0672 e. The molecule has 18 heavy (non-hydrogen) atoms. The first-order chi connectivity index (χ1) is 8.88. The van der Waals surface area contributed by atoms with Gasteiger partial charge < -0.3 is 5.32 Å². The van der Waals surface area contributed by atoms with Crippen LogP contribution in [0.1, 0.15) is 42.7 Å². The first kappa shape index (κ1) is 11.7. The normalized spacial score (nSPS) is 30.1. The molecule has 0 radical (unpaired) electrons. The van der Waals surface area contributed by atoms with Gasteiger partial charge in [0.05, 0.1) is 12.0 Å². The van der Waals surface area contributed by atoms with Gasteiger partial charge in [-0.15, -0.1) is 0 Å². The number of fused-ring (bicyclic) bond motifs is 1. The van der Waals surface area contributed by atoms with Gasteiger partial charge in [0, 0.05) is 18.5 Å². The van der Waals surface area contributed by atoms with E-state index in [1.165, 1.54) is 36.8 Å². The maximum Gasteiger partial charge on any atom is 0.0672 e. The van der Waals surface area contributed by atoms with Crippen LogP contribution in [0.3, 0.4) is 0 Å². The summed E-state index contributed by atoms with van der Waals surface area (Å²) in [7, 11) is 0. The highest BCUT2D eigenvalue weighted by Gasteiger charge is 2.29. The summed E-state index contributed by atoms with van der Waals surface area (Å²) in [4.78, 5) is 0. The first-order valence-corrected chi connectivity index (χ1v) is 7.09. The van der Waals surface area contributed by atoms with Crippen molar-refractivity contribution in [3.63, 3.8) is 0 Å². The predicted molar refractivity (Wildman–Crippen MR) is 72.2 cm³/mol. The van der Waals surface area contributed by atoms with Gasteiger partial charge in [0.25, 0.3) is 0 Å². The van der Waals surface area contributed by atoms with Gasteiger partial charge in [0.2, 0.25) is 0 Å². The Kier molecular flexibility index (Phi) is 3.34. The number of nitrogens with zero attached hydrogens (tertiary/aromatic N) is 1. The van der Waals surface area contributed by atoms with Crippen LogP contribution in [0.2, 0.25) is 0 Å². The summed E-state index contributed by atoms with van der Waals surface area (Å²) in [6, 6.07) is 11.6. The summed E-state index contributed by atoms with van der Waals surface area (Å²) in [6.45, 7) is 1.04. The molecule has 0 bridgehead atoms. The van der Waals surface area contributed by atoms with Crippen molar-refractivity contribution < 1.29 is 0 Å². The molecule has 3 unspecified atom stereocenters. The zero-order valence-electron chi connectivity index (χ0n) is 10.7. The molecule has 94 valence electrons. The predicted octanol–water partition coefficient (Wildman–Crippen LogP) is 3.00. The molecule has 2 nitrogen and oxygen atoms in total. The number of hydrogen-bond acceptors (Lipinski definition) is 2. The second-order valence-corrected chi connectivity index (χ2v) is 5.63. The Bertz CT molecular complexity index is 460. The topological polar surface area (TPSA) is 35.8 Å². The number of benzene rings is 1. The highest BCUT2D eigenvalue weighted by Crippen LogP contribution is 2.34. The summed E-state index contributed by atoms with van der Waals surface area (Å²) < 4.78 is 0. The van der Waals surface area contributed by atoms with E-state index in [2.05, 4.69) is 35.7 Å². The summed E-state index contributed by atoms with van der Waals surface area (Å²) >= 11 is 0. The van der Waals surface area contributed by atoms with Crippen LogP contribution < -0.4 is 5.32 Å². The lowest BCUT2D eigenvalue weighted by atomic mass is 9.77. The molecule has 3 atom stereocenters. The second kappa shape index (κ2) is 5.12. The van der Waals surface area contributed by atoms with Crippen molar-refractivity contribution in [3.8, 4) is 6.07 Å². The monoisotopic (exact) mass is 240 g/mol. The molecule has 1 saturated carbocycles. The lowest BCUT2D eigenvalue weighted by molar-refractivity contribution is 0.303. The van der Waals surface area contributed by atoms with Gasteiger partial charge >= 0.3 is 0 Å². The van der Waals surface area contributed by atoms with Crippen molar-refractivity contribution in [2.45, 2.75) is 44.1 Å². The Hall–Kier alpha value is -1.33. The molecule has 1 N–H and O–H groups in total. The van der Waals surface area contributed by atoms with Gasteiger partial charge in [-0.2, -0.15) is 5.26 Å². The van der Waals surface area contributed by atoms with Gasteiger partial charge in [-0.1, -0.05) is 37.1 Å². The standard InChI is InChI=1S/C16H20N2/c17-10-13-6-2-4-8-16(13)18-11-14-9-12-5-1-3-7-15(12)14/h1,3,5,7,13-14,16,18H,2,4,6,8-9,11H2. The van der Waals surface area contributed by atoms with Crippen molar-refractivity contribution in [2.24, 2.45) is 5.92 Å². The molecule has 0 aromatic heterocycles. The van der Waals surface area contributed by atoms with E-state index in [9.17, 15) is 0 Å². The largest absolute Gasteiger partial charge is 0.312 e. The molecule has 2 heteroatoms. The van der Waals surface area contributed by atoms with Crippen LogP contribution in [0.5, 0.6) is 0 Å². The Balaban J connectivity index is 1.55. The molecule has 1 aromatic rings. The Morgan fingerprint density at radius 1 is 1.22 bits per heavy atom. The molecule has 0 heterocycles. The van der Waals surface area contributed by atoms with E-state index in [1.54, 1.807) is 0 Å². The van der Waals surface area contributed by atoms with E-state index in [4.69, 9.17) is 5.26 Å². The van der Waals surface area contributed by atoms with E-state index in [0.29, 0.717) is 12.0 Å². The van der Waals surface area contributed by atoms with Crippen LogP contribution in [0.15, 0.2) is 24.3 Å². The van der Waals surface area contributed by atoms with Gasteiger partial charge in [-0.3, -0.25) is 0 Å². The van der Waals surface area contributed by atoms with E-state index in [0.717, 1.165) is 13.0 Å². The Labute approximate surface area is 109 Å². The lowest BCUT2D eigenvalue weighted by Gasteiger charge is -2.34. The summed E-state index contributed by atoms with van der Waals surface area (Å²) in [5.74, 6) is 0.900. The minimum atomic E-state index is 0.231. The third kappa shape index (κ3) is 2.15. The van der Waals surface area contributed by atoms with Crippen molar-refractivity contribution in [1.29, 1.82) is 5.26 Å². The number of nitrogens with one attached hydrogen (secondary N) is 1. The summed E-state index contributed by atoms with van der Waals surface area (Å²) in [6.07, 6.45) is 5.95. The lowest BCUT2D eigenvalue weighted by Crippen LogP contribution is -2.41. The fraction of sp³-hybridized carbons (Fsp3) is 0.562. The molecule has 2 aliphatic carbocycles. The molecular weight excluding hydrogens is 220 g/mol. The van der Waals surface area contributed by atoms with Crippen LogP contribution in [0.4, 0.5) is 0 Å². The summed E-state index contributed by atoms with van der Waals surface area (Å²) in [5, 5.41) is 12.8. The number of hydrogen-bond donors (Lipinski definition) is 1.